The number of aromatic nitrogens is 1. The summed E-state index contributed by atoms with van der Waals surface area (Å²) in [6.07, 6.45) is 1.93. The fourth-order valence-corrected chi connectivity index (χ4v) is 2.06. The number of aryl methyl sites for hydroxylation is 1. The number of likely N-dealkylation sites (N-methyl/N-ethyl adjacent to an activating group) is 1. The van der Waals surface area contributed by atoms with Gasteiger partial charge in [-0.05, 0) is 31.0 Å². The highest BCUT2D eigenvalue weighted by Crippen LogP contribution is 2.18. The maximum Gasteiger partial charge on any atom is 0.131 e. The Morgan fingerprint density at radius 1 is 1.35 bits per heavy atom. The second kappa shape index (κ2) is 8.89. The minimum atomic E-state index is 0.303. The summed E-state index contributed by atoms with van der Waals surface area (Å²) >= 11 is 0. The Balaban J connectivity index is 2.63. The van der Waals surface area contributed by atoms with Gasteiger partial charge in [-0.3, -0.25) is 0 Å². The number of ether oxygens (including phenoxy) is 2. The van der Waals surface area contributed by atoms with E-state index in [0.717, 1.165) is 25.5 Å². The summed E-state index contributed by atoms with van der Waals surface area (Å²) in [6.45, 7) is 7.30. The molecule has 1 aromatic rings. The van der Waals surface area contributed by atoms with Gasteiger partial charge in [0.05, 0.1) is 19.3 Å². The summed E-state index contributed by atoms with van der Waals surface area (Å²) in [5.41, 5.74) is 2.37. The third-order valence-corrected chi connectivity index (χ3v) is 3.32. The molecule has 0 bridgehead atoms. The van der Waals surface area contributed by atoms with E-state index in [0.29, 0.717) is 12.6 Å². The minimum Gasteiger partial charge on any atom is -0.383 e. The van der Waals surface area contributed by atoms with Gasteiger partial charge in [0.15, 0.2) is 0 Å². The summed E-state index contributed by atoms with van der Waals surface area (Å²) in [5.74, 6) is 1.01. The molecule has 1 rings (SSSR count). The third kappa shape index (κ3) is 5.07. The summed E-state index contributed by atoms with van der Waals surface area (Å²) in [4.78, 5) is 6.73. The van der Waals surface area contributed by atoms with E-state index in [-0.39, 0.29) is 0 Å². The van der Waals surface area contributed by atoms with Crippen molar-refractivity contribution in [2.45, 2.75) is 26.4 Å². The third-order valence-electron chi connectivity index (χ3n) is 3.32. The molecule has 0 spiro atoms. The Labute approximate surface area is 122 Å². The summed E-state index contributed by atoms with van der Waals surface area (Å²) in [7, 11) is 5.48. The van der Waals surface area contributed by atoms with E-state index in [4.69, 9.17) is 9.47 Å². The summed E-state index contributed by atoms with van der Waals surface area (Å²) in [5, 5.41) is 3.32. The van der Waals surface area contributed by atoms with Crippen molar-refractivity contribution in [2.75, 3.05) is 45.9 Å². The lowest BCUT2D eigenvalue weighted by Crippen LogP contribution is -2.33. The van der Waals surface area contributed by atoms with E-state index < -0.39 is 0 Å². The molecule has 1 heterocycles. The number of hydrogen-bond donors (Lipinski definition) is 1. The predicted molar refractivity (Wildman–Crippen MR) is 82.3 cm³/mol. The smallest absolute Gasteiger partial charge is 0.131 e. The molecule has 0 radical (unpaired) electrons. The summed E-state index contributed by atoms with van der Waals surface area (Å²) in [6, 6.07) is 2.48. The molecule has 0 aromatic carbocycles. The van der Waals surface area contributed by atoms with Crippen molar-refractivity contribution in [3.05, 3.63) is 23.4 Å². The zero-order valence-electron chi connectivity index (χ0n) is 13.3. The molecule has 5 nitrogen and oxygen atoms in total. The van der Waals surface area contributed by atoms with Crippen LogP contribution in [0.2, 0.25) is 0 Å². The number of methoxy groups -OCH3 is 2. The predicted octanol–water partition coefficient (Wildman–Crippen LogP) is 1.60. The molecule has 0 amide bonds. The standard InChI is InChI=1S/C15H27N3O2/c1-12-8-14(9-16-6-7-19-4)10-17-15(12)18(3)13(2)11-20-5/h8,10,13,16H,6-7,9,11H2,1-5H3. The van der Waals surface area contributed by atoms with Gasteiger partial charge in [-0.1, -0.05) is 0 Å². The molecule has 1 aromatic heterocycles. The quantitative estimate of drug-likeness (QED) is 0.697. The largest absolute Gasteiger partial charge is 0.383 e. The average Bonchev–Trinajstić information content (AvgIpc) is 2.43. The second-order valence-corrected chi connectivity index (χ2v) is 5.07. The topological polar surface area (TPSA) is 46.6 Å². The lowest BCUT2D eigenvalue weighted by Gasteiger charge is -2.27. The van der Waals surface area contributed by atoms with Crippen molar-refractivity contribution in [1.82, 2.24) is 10.3 Å². The molecular formula is C15H27N3O2. The molecule has 20 heavy (non-hydrogen) atoms. The fraction of sp³-hybridized carbons (Fsp3) is 0.667. The Hall–Kier alpha value is -1.17. The minimum absolute atomic E-state index is 0.303. The van der Waals surface area contributed by atoms with Crippen LogP contribution in [0.4, 0.5) is 5.82 Å². The van der Waals surface area contributed by atoms with Crippen molar-refractivity contribution < 1.29 is 9.47 Å². The normalized spacial score (nSPS) is 12.4. The first-order chi connectivity index (χ1) is 9.60. The zero-order chi connectivity index (χ0) is 15.0. The zero-order valence-corrected chi connectivity index (χ0v) is 13.3. The number of rotatable bonds is 9. The van der Waals surface area contributed by atoms with Gasteiger partial charge in [-0.15, -0.1) is 0 Å². The number of pyridine rings is 1. The van der Waals surface area contributed by atoms with E-state index in [1.807, 2.05) is 6.20 Å². The molecule has 1 N–H and O–H groups in total. The first-order valence-corrected chi connectivity index (χ1v) is 6.97. The van der Waals surface area contributed by atoms with Crippen LogP contribution in [0.5, 0.6) is 0 Å². The molecule has 1 atom stereocenters. The van der Waals surface area contributed by atoms with Gasteiger partial charge in [0.2, 0.25) is 0 Å². The number of nitrogens with zero attached hydrogens (tertiary/aromatic N) is 2. The molecular weight excluding hydrogens is 254 g/mol. The molecule has 0 saturated heterocycles. The van der Waals surface area contributed by atoms with E-state index >= 15 is 0 Å². The van der Waals surface area contributed by atoms with Gasteiger partial charge in [0, 0.05) is 40.6 Å². The number of hydrogen-bond acceptors (Lipinski definition) is 5. The molecule has 114 valence electrons. The van der Waals surface area contributed by atoms with Gasteiger partial charge in [-0.2, -0.15) is 0 Å². The Bertz CT molecular complexity index is 399. The lowest BCUT2D eigenvalue weighted by atomic mass is 10.2. The monoisotopic (exact) mass is 281 g/mol. The molecule has 0 aliphatic carbocycles. The van der Waals surface area contributed by atoms with E-state index in [1.165, 1.54) is 11.1 Å². The van der Waals surface area contributed by atoms with Gasteiger partial charge in [0.25, 0.3) is 0 Å². The van der Waals surface area contributed by atoms with E-state index in [9.17, 15) is 0 Å². The highest BCUT2D eigenvalue weighted by Gasteiger charge is 2.13. The van der Waals surface area contributed by atoms with Gasteiger partial charge in [0.1, 0.15) is 5.82 Å². The Morgan fingerprint density at radius 3 is 2.70 bits per heavy atom. The van der Waals surface area contributed by atoms with Crippen molar-refractivity contribution in [3.8, 4) is 0 Å². The van der Waals surface area contributed by atoms with Crippen LogP contribution in [0, 0.1) is 6.92 Å². The molecule has 5 heteroatoms. The summed E-state index contributed by atoms with van der Waals surface area (Å²) < 4.78 is 10.2. The van der Waals surface area contributed by atoms with Gasteiger partial charge >= 0.3 is 0 Å². The Kier molecular flexibility index (Phi) is 7.51. The van der Waals surface area contributed by atoms with Crippen LogP contribution in [0.1, 0.15) is 18.1 Å². The average molecular weight is 281 g/mol. The van der Waals surface area contributed by atoms with Crippen LogP contribution in [0.3, 0.4) is 0 Å². The highest BCUT2D eigenvalue weighted by molar-refractivity contribution is 5.47. The maximum atomic E-state index is 5.19. The fourth-order valence-electron chi connectivity index (χ4n) is 2.06. The molecule has 0 aliphatic heterocycles. The van der Waals surface area contributed by atoms with E-state index in [2.05, 4.69) is 42.2 Å². The van der Waals surface area contributed by atoms with Crippen LogP contribution in [-0.2, 0) is 16.0 Å². The van der Waals surface area contributed by atoms with Crippen LogP contribution in [-0.4, -0.2) is 52.1 Å². The lowest BCUT2D eigenvalue weighted by molar-refractivity contribution is 0.183. The first-order valence-electron chi connectivity index (χ1n) is 6.97. The second-order valence-electron chi connectivity index (χ2n) is 5.07. The molecule has 0 aliphatic rings. The number of anilines is 1. The SMILES string of the molecule is COCCNCc1cnc(N(C)C(C)COC)c(C)c1. The van der Waals surface area contributed by atoms with Crippen LogP contribution in [0.25, 0.3) is 0 Å². The van der Waals surface area contributed by atoms with Crippen molar-refractivity contribution >= 4 is 5.82 Å². The molecule has 0 saturated carbocycles. The maximum absolute atomic E-state index is 5.19. The van der Waals surface area contributed by atoms with Crippen molar-refractivity contribution in [2.24, 2.45) is 0 Å². The van der Waals surface area contributed by atoms with Crippen LogP contribution >= 0.6 is 0 Å². The van der Waals surface area contributed by atoms with Gasteiger partial charge in [-0.25, -0.2) is 4.98 Å². The van der Waals surface area contributed by atoms with Crippen LogP contribution in [0.15, 0.2) is 12.3 Å². The molecule has 1 unspecified atom stereocenters. The van der Waals surface area contributed by atoms with Crippen molar-refractivity contribution in [1.29, 1.82) is 0 Å². The van der Waals surface area contributed by atoms with Gasteiger partial charge < -0.3 is 19.7 Å². The highest BCUT2D eigenvalue weighted by atomic mass is 16.5. The van der Waals surface area contributed by atoms with Crippen LogP contribution < -0.4 is 10.2 Å². The Morgan fingerprint density at radius 2 is 2.10 bits per heavy atom. The van der Waals surface area contributed by atoms with E-state index in [1.54, 1.807) is 14.2 Å². The first kappa shape index (κ1) is 16.9. The van der Waals surface area contributed by atoms with Crippen molar-refractivity contribution in [3.63, 3.8) is 0 Å². The molecule has 0 fully saturated rings. The number of nitrogens with one attached hydrogen (secondary N) is 1.